The van der Waals surface area contributed by atoms with Crippen molar-refractivity contribution in [3.05, 3.63) is 47.0 Å². The van der Waals surface area contributed by atoms with Gasteiger partial charge in [-0.2, -0.15) is 5.10 Å². The lowest BCUT2D eigenvalue weighted by Gasteiger charge is -2.05. The molecule has 0 fully saturated rings. The maximum absolute atomic E-state index is 4.98. The summed E-state index contributed by atoms with van der Waals surface area (Å²) >= 11 is 0. The molecule has 0 spiro atoms. The minimum absolute atomic E-state index is 0.670. The highest BCUT2D eigenvalue weighted by molar-refractivity contribution is 5.28. The lowest BCUT2D eigenvalue weighted by Crippen LogP contribution is -2.19. The Morgan fingerprint density at radius 3 is 2.65 bits per heavy atom. The molecule has 108 valence electrons. The van der Waals surface area contributed by atoms with Gasteiger partial charge in [0.15, 0.2) is 5.82 Å². The van der Waals surface area contributed by atoms with Crippen molar-refractivity contribution in [3.63, 3.8) is 0 Å². The number of ether oxygens (including phenoxy) is 1. The van der Waals surface area contributed by atoms with E-state index in [9.17, 15) is 0 Å². The van der Waals surface area contributed by atoms with Crippen molar-refractivity contribution in [2.45, 2.75) is 26.9 Å². The van der Waals surface area contributed by atoms with Gasteiger partial charge in [-0.1, -0.05) is 29.3 Å². The molecule has 0 aliphatic carbocycles. The van der Waals surface area contributed by atoms with Gasteiger partial charge in [0.1, 0.15) is 6.33 Å². The maximum atomic E-state index is 4.98. The number of nitrogens with one attached hydrogen (secondary N) is 1. The van der Waals surface area contributed by atoms with E-state index in [0.29, 0.717) is 13.2 Å². The standard InChI is InChI=1S/C15H22N4O/c1-12-6-13(2)8-14(7-12)10-19-11-17-15(18-19)9-16-4-5-20-3/h6-8,11,16H,4-5,9-10H2,1-3H3. The highest BCUT2D eigenvalue weighted by atomic mass is 16.5. The summed E-state index contributed by atoms with van der Waals surface area (Å²) in [6.07, 6.45) is 1.78. The van der Waals surface area contributed by atoms with Gasteiger partial charge in [0.25, 0.3) is 0 Å². The predicted molar refractivity (Wildman–Crippen MR) is 78.6 cm³/mol. The predicted octanol–water partition coefficient (Wildman–Crippen LogP) is 1.68. The van der Waals surface area contributed by atoms with Crippen LogP contribution in [0.4, 0.5) is 0 Å². The average molecular weight is 274 g/mol. The van der Waals surface area contributed by atoms with E-state index in [4.69, 9.17) is 4.74 Å². The van der Waals surface area contributed by atoms with Crippen LogP contribution in [0.3, 0.4) is 0 Å². The summed E-state index contributed by atoms with van der Waals surface area (Å²) in [5, 5.41) is 7.70. The monoisotopic (exact) mass is 274 g/mol. The third-order valence-electron chi connectivity index (χ3n) is 2.98. The average Bonchev–Trinajstić information content (AvgIpc) is 2.81. The Kier molecular flexibility index (Phi) is 5.26. The number of rotatable bonds is 7. The smallest absolute Gasteiger partial charge is 0.164 e. The first-order chi connectivity index (χ1) is 9.67. The van der Waals surface area contributed by atoms with Crippen molar-refractivity contribution in [1.29, 1.82) is 0 Å². The first-order valence-electron chi connectivity index (χ1n) is 6.82. The number of benzene rings is 1. The molecule has 0 unspecified atom stereocenters. The minimum Gasteiger partial charge on any atom is -0.383 e. The second-order valence-electron chi connectivity index (χ2n) is 5.02. The normalized spacial score (nSPS) is 10.9. The van der Waals surface area contributed by atoms with E-state index in [0.717, 1.165) is 18.9 Å². The summed E-state index contributed by atoms with van der Waals surface area (Å²) < 4.78 is 6.85. The molecule has 2 aromatic rings. The summed E-state index contributed by atoms with van der Waals surface area (Å²) in [4.78, 5) is 4.30. The molecule has 1 N–H and O–H groups in total. The zero-order valence-electron chi connectivity index (χ0n) is 12.4. The fraction of sp³-hybridized carbons (Fsp3) is 0.467. The van der Waals surface area contributed by atoms with Crippen molar-refractivity contribution in [2.24, 2.45) is 0 Å². The fourth-order valence-electron chi connectivity index (χ4n) is 2.21. The highest BCUT2D eigenvalue weighted by Crippen LogP contribution is 2.10. The van der Waals surface area contributed by atoms with E-state index in [2.05, 4.69) is 47.4 Å². The SMILES string of the molecule is COCCNCc1ncn(Cc2cc(C)cc(C)c2)n1. The van der Waals surface area contributed by atoms with Gasteiger partial charge in [0, 0.05) is 13.7 Å². The van der Waals surface area contributed by atoms with Crippen LogP contribution in [0.25, 0.3) is 0 Å². The Labute approximate surface area is 120 Å². The van der Waals surface area contributed by atoms with Crippen LogP contribution in [-0.4, -0.2) is 35.0 Å². The molecule has 0 saturated carbocycles. The van der Waals surface area contributed by atoms with E-state index in [-0.39, 0.29) is 0 Å². The minimum atomic E-state index is 0.670. The lowest BCUT2D eigenvalue weighted by atomic mass is 10.1. The van der Waals surface area contributed by atoms with Crippen LogP contribution in [-0.2, 0) is 17.8 Å². The molecule has 5 nitrogen and oxygen atoms in total. The fourth-order valence-corrected chi connectivity index (χ4v) is 2.21. The van der Waals surface area contributed by atoms with E-state index < -0.39 is 0 Å². The van der Waals surface area contributed by atoms with Crippen molar-refractivity contribution in [1.82, 2.24) is 20.1 Å². The molecule has 0 bridgehead atoms. The Hall–Kier alpha value is -1.72. The second kappa shape index (κ2) is 7.17. The topological polar surface area (TPSA) is 52.0 Å². The number of hydrogen-bond acceptors (Lipinski definition) is 4. The van der Waals surface area contributed by atoms with Gasteiger partial charge in [0.05, 0.1) is 19.7 Å². The van der Waals surface area contributed by atoms with E-state index in [1.165, 1.54) is 16.7 Å². The summed E-state index contributed by atoms with van der Waals surface area (Å²) in [7, 11) is 1.69. The second-order valence-corrected chi connectivity index (χ2v) is 5.02. The third kappa shape index (κ3) is 4.43. The van der Waals surface area contributed by atoms with Crippen molar-refractivity contribution in [2.75, 3.05) is 20.3 Å². The molecule has 5 heteroatoms. The van der Waals surface area contributed by atoms with Gasteiger partial charge in [-0.3, -0.25) is 0 Å². The molecule has 1 heterocycles. The van der Waals surface area contributed by atoms with Crippen molar-refractivity contribution < 1.29 is 4.74 Å². The summed E-state index contributed by atoms with van der Waals surface area (Å²) in [5.74, 6) is 0.811. The molecule has 1 aromatic heterocycles. The van der Waals surface area contributed by atoms with Gasteiger partial charge < -0.3 is 10.1 Å². The van der Waals surface area contributed by atoms with E-state index in [1.807, 2.05) is 4.68 Å². The van der Waals surface area contributed by atoms with Gasteiger partial charge in [-0.25, -0.2) is 9.67 Å². The van der Waals surface area contributed by atoms with E-state index in [1.54, 1.807) is 13.4 Å². The summed E-state index contributed by atoms with van der Waals surface area (Å²) in [6.45, 7) is 7.16. The Bertz CT molecular complexity index is 530. The number of methoxy groups -OCH3 is 1. The summed E-state index contributed by atoms with van der Waals surface area (Å²) in [5.41, 5.74) is 3.81. The van der Waals surface area contributed by atoms with Crippen molar-refractivity contribution in [3.8, 4) is 0 Å². The van der Waals surface area contributed by atoms with Crippen LogP contribution in [0.5, 0.6) is 0 Å². The molecule has 0 aliphatic heterocycles. The van der Waals surface area contributed by atoms with Crippen LogP contribution < -0.4 is 5.32 Å². The van der Waals surface area contributed by atoms with Gasteiger partial charge in [-0.15, -0.1) is 0 Å². The van der Waals surface area contributed by atoms with Crippen LogP contribution in [0.2, 0.25) is 0 Å². The molecule has 0 aliphatic rings. The van der Waals surface area contributed by atoms with Crippen LogP contribution in [0.15, 0.2) is 24.5 Å². The molecule has 0 atom stereocenters. The number of hydrogen-bond donors (Lipinski definition) is 1. The molecule has 0 radical (unpaired) electrons. The maximum Gasteiger partial charge on any atom is 0.164 e. The molecular weight excluding hydrogens is 252 g/mol. The van der Waals surface area contributed by atoms with E-state index >= 15 is 0 Å². The van der Waals surface area contributed by atoms with Gasteiger partial charge in [-0.05, 0) is 19.4 Å². The molecule has 0 saturated heterocycles. The number of nitrogens with zero attached hydrogens (tertiary/aromatic N) is 3. The third-order valence-corrected chi connectivity index (χ3v) is 2.98. The largest absolute Gasteiger partial charge is 0.383 e. The Balaban J connectivity index is 1.92. The first kappa shape index (κ1) is 14.7. The van der Waals surface area contributed by atoms with Crippen molar-refractivity contribution >= 4 is 0 Å². The number of aryl methyl sites for hydroxylation is 2. The molecule has 2 rings (SSSR count). The lowest BCUT2D eigenvalue weighted by molar-refractivity contribution is 0.199. The molecule has 1 aromatic carbocycles. The zero-order chi connectivity index (χ0) is 14.4. The first-order valence-corrected chi connectivity index (χ1v) is 6.82. The van der Waals surface area contributed by atoms with Gasteiger partial charge >= 0.3 is 0 Å². The van der Waals surface area contributed by atoms with Crippen LogP contribution in [0.1, 0.15) is 22.5 Å². The number of aromatic nitrogens is 3. The Morgan fingerprint density at radius 1 is 1.20 bits per heavy atom. The Morgan fingerprint density at radius 2 is 1.95 bits per heavy atom. The quantitative estimate of drug-likeness (QED) is 0.781. The van der Waals surface area contributed by atoms with Gasteiger partial charge in [0.2, 0.25) is 0 Å². The molecular formula is C15H22N4O. The van der Waals surface area contributed by atoms with Crippen LogP contribution in [0, 0.1) is 13.8 Å². The molecule has 20 heavy (non-hydrogen) atoms. The van der Waals surface area contributed by atoms with Crippen LogP contribution >= 0.6 is 0 Å². The summed E-state index contributed by atoms with van der Waals surface area (Å²) in [6, 6.07) is 6.55. The highest BCUT2D eigenvalue weighted by Gasteiger charge is 2.02. The molecule has 0 amide bonds. The zero-order valence-corrected chi connectivity index (χ0v) is 12.4.